The van der Waals surface area contributed by atoms with Gasteiger partial charge in [-0.3, -0.25) is 14.5 Å². The van der Waals surface area contributed by atoms with Crippen LogP contribution in [0, 0.1) is 10.6 Å². The van der Waals surface area contributed by atoms with Crippen molar-refractivity contribution < 1.29 is 9.18 Å². The molecule has 0 unspecified atom stereocenters. The number of aromatic nitrogens is 3. The second kappa shape index (κ2) is 8.25. The smallest absolute Gasteiger partial charge is 0.240 e. The molecule has 2 aromatic carbocycles. The average molecular weight is 391 g/mol. The highest BCUT2D eigenvalue weighted by atomic mass is 35.5. The van der Waals surface area contributed by atoms with E-state index >= 15 is 0 Å². The van der Waals surface area contributed by atoms with Gasteiger partial charge < -0.3 is 5.32 Å². The predicted octanol–water partition coefficient (Wildman–Crippen LogP) is 3.76. The monoisotopic (exact) mass is 390 g/mol. The number of halogens is 2. The van der Waals surface area contributed by atoms with Crippen LogP contribution >= 0.6 is 23.8 Å². The summed E-state index contributed by atoms with van der Waals surface area (Å²) in [4.78, 5) is 12.2. The van der Waals surface area contributed by atoms with E-state index in [0.29, 0.717) is 28.6 Å². The molecule has 134 valence electrons. The lowest BCUT2D eigenvalue weighted by Gasteiger charge is -2.08. The third kappa shape index (κ3) is 4.56. The molecule has 0 aliphatic rings. The van der Waals surface area contributed by atoms with Gasteiger partial charge in [-0.05, 0) is 60.6 Å². The number of rotatable bonds is 6. The fraction of sp³-hybridized carbons (Fsp3) is 0.167. The van der Waals surface area contributed by atoms with Crippen molar-refractivity contribution in [3.8, 4) is 11.4 Å². The minimum absolute atomic E-state index is 0.0523. The molecule has 1 amide bonds. The van der Waals surface area contributed by atoms with Gasteiger partial charge in [-0.25, -0.2) is 4.39 Å². The first-order valence-electron chi connectivity index (χ1n) is 7.95. The van der Waals surface area contributed by atoms with E-state index in [1.165, 1.54) is 12.1 Å². The normalized spacial score (nSPS) is 10.7. The molecule has 0 saturated heterocycles. The molecule has 1 heterocycles. The zero-order valence-electron chi connectivity index (χ0n) is 13.7. The summed E-state index contributed by atoms with van der Waals surface area (Å²) in [6.07, 6.45) is 0.618. The molecule has 0 aliphatic heterocycles. The Kier molecular flexibility index (Phi) is 5.80. The van der Waals surface area contributed by atoms with E-state index in [9.17, 15) is 9.18 Å². The maximum absolute atomic E-state index is 12.9. The molecule has 0 radical (unpaired) electrons. The van der Waals surface area contributed by atoms with E-state index < -0.39 is 0 Å². The summed E-state index contributed by atoms with van der Waals surface area (Å²) in [5.74, 6) is 0.113. The molecular formula is C18H16ClFN4OS. The molecule has 1 aromatic heterocycles. The van der Waals surface area contributed by atoms with Crippen LogP contribution in [-0.4, -0.2) is 27.2 Å². The number of carbonyl (C=O) groups excluding carboxylic acids is 1. The van der Waals surface area contributed by atoms with E-state index in [0.717, 1.165) is 11.1 Å². The number of aromatic amines is 1. The second-order valence-corrected chi connectivity index (χ2v) is 6.49. The highest BCUT2D eigenvalue weighted by Crippen LogP contribution is 2.19. The van der Waals surface area contributed by atoms with E-state index in [1.54, 1.807) is 28.8 Å². The predicted molar refractivity (Wildman–Crippen MR) is 101 cm³/mol. The van der Waals surface area contributed by atoms with Crippen LogP contribution in [-0.2, 0) is 17.8 Å². The number of nitrogens with one attached hydrogen (secondary N) is 2. The Bertz CT molecular complexity index is 951. The van der Waals surface area contributed by atoms with Crippen LogP contribution < -0.4 is 5.32 Å². The fourth-order valence-corrected chi connectivity index (χ4v) is 2.80. The summed E-state index contributed by atoms with van der Waals surface area (Å²) >= 11 is 11.1. The van der Waals surface area contributed by atoms with Crippen molar-refractivity contribution in [2.75, 3.05) is 6.54 Å². The van der Waals surface area contributed by atoms with Gasteiger partial charge in [0.05, 0.1) is 0 Å². The van der Waals surface area contributed by atoms with Gasteiger partial charge in [0.1, 0.15) is 12.4 Å². The van der Waals surface area contributed by atoms with Crippen LogP contribution in [0.5, 0.6) is 0 Å². The van der Waals surface area contributed by atoms with Crippen LogP contribution in [0.1, 0.15) is 5.56 Å². The van der Waals surface area contributed by atoms with Crippen molar-refractivity contribution in [1.29, 1.82) is 0 Å². The van der Waals surface area contributed by atoms with Crippen LogP contribution in [0.2, 0.25) is 5.02 Å². The van der Waals surface area contributed by atoms with Crippen molar-refractivity contribution >= 4 is 29.7 Å². The largest absolute Gasteiger partial charge is 0.354 e. The summed E-state index contributed by atoms with van der Waals surface area (Å²) in [7, 11) is 0. The number of nitrogens with zero attached hydrogens (tertiary/aromatic N) is 2. The Hall–Kier alpha value is -2.51. The lowest BCUT2D eigenvalue weighted by Crippen LogP contribution is -2.29. The van der Waals surface area contributed by atoms with Crippen molar-refractivity contribution in [1.82, 2.24) is 20.1 Å². The van der Waals surface area contributed by atoms with Gasteiger partial charge in [0.2, 0.25) is 5.91 Å². The first-order chi connectivity index (χ1) is 12.5. The number of hydrogen-bond donors (Lipinski definition) is 2. The van der Waals surface area contributed by atoms with Crippen LogP contribution in [0.3, 0.4) is 0 Å². The molecule has 2 N–H and O–H groups in total. The molecule has 3 rings (SSSR count). The van der Waals surface area contributed by atoms with Crippen LogP contribution in [0.25, 0.3) is 11.4 Å². The molecule has 0 bridgehead atoms. The van der Waals surface area contributed by atoms with Crippen LogP contribution in [0.4, 0.5) is 4.39 Å². The first kappa shape index (κ1) is 18.3. The molecular weight excluding hydrogens is 375 g/mol. The Morgan fingerprint density at radius 2 is 1.88 bits per heavy atom. The highest BCUT2D eigenvalue weighted by molar-refractivity contribution is 7.71. The molecule has 0 spiro atoms. The summed E-state index contributed by atoms with van der Waals surface area (Å²) in [5.41, 5.74) is 1.76. The van der Waals surface area contributed by atoms with Gasteiger partial charge in [-0.1, -0.05) is 23.7 Å². The van der Waals surface area contributed by atoms with E-state index in [-0.39, 0.29) is 18.3 Å². The maximum Gasteiger partial charge on any atom is 0.240 e. The van der Waals surface area contributed by atoms with Gasteiger partial charge >= 0.3 is 0 Å². The Morgan fingerprint density at radius 1 is 1.19 bits per heavy atom. The highest BCUT2D eigenvalue weighted by Gasteiger charge is 2.12. The topological polar surface area (TPSA) is 62.7 Å². The first-order valence-corrected chi connectivity index (χ1v) is 8.74. The maximum atomic E-state index is 12.9. The van der Waals surface area contributed by atoms with Crippen LogP contribution in [0.15, 0.2) is 48.5 Å². The van der Waals surface area contributed by atoms with Gasteiger partial charge in [-0.2, -0.15) is 5.10 Å². The SMILES string of the molecule is O=C(Cn1c(-c2ccc(Cl)cc2)n[nH]c1=S)NCCc1ccc(F)cc1. The third-order valence-electron chi connectivity index (χ3n) is 3.81. The average Bonchev–Trinajstić information content (AvgIpc) is 2.98. The number of amides is 1. The molecule has 0 fully saturated rings. The lowest BCUT2D eigenvalue weighted by atomic mass is 10.1. The van der Waals surface area contributed by atoms with Crippen molar-refractivity contribution in [3.63, 3.8) is 0 Å². The molecule has 8 heteroatoms. The molecule has 3 aromatic rings. The van der Waals surface area contributed by atoms with E-state index in [1.807, 2.05) is 12.1 Å². The molecule has 0 saturated carbocycles. The van der Waals surface area contributed by atoms with Crippen molar-refractivity contribution in [2.45, 2.75) is 13.0 Å². The number of hydrogen-bond acceptors (Lipinski definition) is 3. The Morgan fingerprint density at radius 3 is 2.58 bits per heavy atom. The lowest BCUT2D eigenvalue weighted by molar-refractivity contribution is -0.121. The van der Waals surface area contributed by atoms with Gasteiger partial charge in [0.25, 0.3) is 0 Å². The summed E-state index contributed by atoms with van der Waals surface area (Å²) in [6.45, 7) is 0.503. The van der Waals surface area contributed by atoms with Crippen molar-refractivity contribution in [2.24, 2.45) is 0 Å². The van der Waals surface area contributed by atoms with Gasteiger partial charge in [0, 0.05) is 17.1 Å². The van der Waals surface area contributed by atoms with E-state index in [2.05, 4.69) is 15.5 Å². The van der Waals surface area contributed by atoms with Gasteiger partial charge in [-0.15, -0.1) is 0 Å². The summed E-state index contributed by atoms with van der Waals surface area (Å²) < 4.78 is 14.9. The zero-order chi connectivity index (χ0) is 18.5. The standard InChI is InChI=1S/C18H16ClFN4OS/c19-14-5-3-13(4-6-14)17-22-23-18(26)24(17)11-16(25)21-10-9-12-1-7-15(20)8-2-12/h1-8H,9-11H2,(H,21,25)(H,23,26). The summed E-state index contributed by atoms with van der Waals surface area (Å²) in [6, 6.07) is 13.3. The molecule has 0 aliphatic carbocycles. The number of H-pyrrole nitrogens is 1. The quantitative estimate of drug-likeness (QED) is 0.630. The van der Waals surface area contributed by atoms with Gasteiger partial charge in [0.15, 0.2) is 10.6 Å². The number of benzene rings is 2. The fourth-order valence-electron chi connectivity index (χ4n) is 2.48. The minimum Gasteiger partial charge on any atom is -0.354 e. The third-order valence-corrected chi connectivity index (χ3v) is 4.38. The zero-order valence-corrected chi connectivity index (χ0v) is 15.3. The minimum atomic E-state index is -0.276. The van der Waals surface area contributed by atoms with Crippen molar-refractivity contribution in [3.05, 3.63) is 69.7 Å². The summed E-state index contributed by atoms with van der Waals surface area (Å²) in [5, 5.41) is 10.4. The number of carbonyl (C=O) groups is 1. The molecule has 0 atom stereocenters. The van der Waals surface area contributed by atoms with E-state index in [4.69, 9.17) is 23.8 Å². The second-order valence-electron chi connectivity index (χ2n) is 5.67. The Labute approximate surface area is 159 Å². The Balaban J connectivity index is 1.62. The molecule has 26 heavy (non-hydrogen) atoms. The molecule has 5 nitrogen and oxygen atoms in total.